The fourth-order valence-electron chi connectivity index (χ4n) is 1.85. The largest absolute Gasteiger partial charge is 0.343 e. The standard InChI is InChI=1S/C12H24N2OS/c1-2-3-7-10(13)12(15)14-11-8-5-4-6-9-16-11/h10-11H,2-9,13H2,1H3,(H,14,15). The van der Waals surface area contributed by atoms with Gasteiger partial charge in [-0.25, -0.2) is 0 Å². The lowest BCUT2D eigenvalue weighted by Gasteiger charge is -2.18. The van der Waals surface area contributed by atoms with E-state index in [1.54, 1.807) is 0 Å². The maximum Gasteiger partial charge on any atom is 0.237 e. The van der Waals surface area contributed by atoms with Gasteiger partial charge in [0, 0.05) is 0 Å². The number of nitrogens with two attached hydrogens (primary N) is 1. The second-order valence-electron chi connectivity index (χ2n) is 4.47. The van der Waals surface area contributed by atoms with Crippen LogP contribution in [-0.2, 0) is 4.79 Å². The molecule has 0 aromatic carbocycles. The van der Waals surface area contributed by atoms with Gasteiger partial charge in [-0.2, -0.15) is 0 Å². The third-order valence-electron chi connectivity index (χ3n) is 2.94. The van der Waals surface area contributed by atoms with Gasteiger partial charge in [-0.3, -0.25) is 4.79 Å². The SMILES string of the molecule is CCCCC(N)C(=O)NC1CCCCCS1. The molecular weight excluding hydrogens is 220 g/mol. The fraction of sp³-hybridized carbons (Fsp3) is 0.917. The molecule has 16 heavy (non-hydrogen) atoms. The van der Waals surface area contributed by atoms with Gasteiger partial charge in [0.25, 0.3) is 0 Å². The van der Waals surface area contributed by atoms with Gasteiger partial charge in [0.1, 0.15) is 0 Å². The van der Waals surface area contributed by atoms with E-state index in [-0.39, 0.29) is 11.9 Å². The Labute approximate surface area is 103 Å². The second-order valence-corrected chi connectivity index (χ2v) is 5.78. The smallest absolute Gasteiger partial charge is 0.237 e. The molecule has 0 spiro atoms. The first kappa shape index (κ1) is 13.8. The highest BCUT2D eigenvalue weighted by molar-refractivity contribution is 7.99. The van der Waals surface area contributed by atoms with Gasteiger partial charge in [-0.05, 0) is 25.0 Å². The molecule has 2 atom stereocenters. The third kappa shape index (κ3) is 5.21. The van der Waals surface area contributed by atoms with E-state index in [1.165, 1.54) is 19.3 Å². The van der Waals surface area contributed by atoms with Crippen LogP contribution in [0.2, 0.25) is 0 Å². The summed E-state index contributed by atoms with van der Waals surface area (Å²) in [5, 5.41) is 3.36. The van der Waals surface area contributed by atoms with Gasteiger partial charge in [-0.15, -0.1) is 11.8 Å². The Balaban J connectivity index is 2.25. The summed E-state index contributed by atoms with van der Waals surface area (Å²) < 4.78 is 0. The summed E-state index contributed by atoms with van der Waals surface area (Å²) in [5.41, 5.74) is 5.84. The molecule has 1 rings (SSSR count). The minimum absolute atomic E-state index is 0.0350. The number of carbonyl (C=O) groups excluding carboxylic acids is 1. The number of hydrogen-bond acceptors (Lipinski definition) is 3. The first-order chi connectivity index (χ1) is 7.74. The highest BCUT2D eigenvalue weighted by Crippen LogP contribution is 2.22. The van der Waals surface area contributed by atoms with E-state index < -0.39 is 0 Å². The predicted molar refractivity (Wildman–Crippen MR) is 70.4 cm³/mol. The number of amides is 1. The van der Waals surface area contributed by atoms with Gasteiger partial charge < -0.3 is 11.1 Å². The lowest BCUT2D eigenvalue weighted by molar-refractivity contribution is -0.122. The van der Waals surface area contributed by atoms with Gasteiger partial charge in [0.2, 0.25) is 5.91 Å². The minimum Gasteiger partial charge on any atom is -0.343 e. The van der Waals surface area contributed by atoms with Crippen molar-refractivity contribution in [2.24, 2.45) is 5.73 Å². The van der Waals surface area contributed by atoms with Crippen molar-refractivity contribution in [2.45, 2.75) is 63.3 Å². The van der Waals surface area contributed by atoms with Gasteiger partial charge in [-0.1, -0.05) is 32.6 Å². The van der Waals surface area contributed by atoms with Crippen molar-refractivity contribution < 1.29 is 4.79 Å². The van der Waals surface area contributed by atoms with E-state index in [9.17, 15) is 4.79 Å². The molecule has 0 aromatic heterocycles. The third-order valence-corrected chi connectivity index (χ3v) is 4.22. The highest BCUT2D eigenvalue weighted by atomic mass is 32.2. The maximum absolute atomic E-state index is 11.8. The Morgan fingerprint density at radius 3 is 3.06 bits per heavy atom. The van der Waals surface area contributed by atoms with Crippen LogP contribution in [0.3, 0.4) is 0 Å². The molecule has 1 fully saturated rings. The molecule has 94 valence electrons. The van der Waals surface area contributed by atoms with Crippen molar-refractivity contribution in [2.75, 3.05) is 5.75 Å². The van der Waals surface area contributed by atoms with Crippen molar-refractivity contribution in [3.05, 3.63) is 0 Å². The van der Waals surface area contributed by atoms with Gasteiger partial charge in [0.05, 0.1) is 11.4 Å². The summed E-state index contributed by atoms with van der Waals surface area (Å²) in [6.45, 7) is 2.12. The zero-order valence-corrected chi connectivity index (χ0v) is 11.0. The number of nitrogens with one attached hydrogen (secondary N) is 1. The molecule has 1 aliphatic heterocycles. The van der Waals surface area contributed by atoms with E-state index in [0.717, 1.165) is 31.4 Å². The van der Waals surface area contributed by atoms with Crippen LogP contribution in [0, 0.1) is 0 Å². The summed E-state index contributed by atoms with van der Waals surface area (Å²) in [6, 6.07) is -0.316. The minimum atomic E-state index is -0.316. The van der Waals surface area contributed by atoms with Crippen molar-refractivity contribution in [3.8, 4) is 0 Å². The molecule has 3 N–H and O–H groups in total. The van der Waals surface area contributed by atoms with Crippen molar-refractivity contribution in [1.82, 2.24) is 5.32 Å². The highest BCUT2D eigenvalue weighted by Gasteiger charge is 2.18. The molecule has 2 unspecified atom stereocenters. The average Bonchev–Trinajstić information content (AvgIpc) is 2.54. The van der Waals surface area contributed by atoms with Crippen molar-refractivity contribution >= 4 is 17.7 Å². The van der Waals surface area contributed by atoms with E-state index >= 15 is 0 Å². The summed E-state index contributed by atoms with van der Waals surface area (Å²) >= 11 is 1.87. The summed E-state index contributed by atoms with van der Waals surface area (Å²) in [7, 11) is 0. The lowest BCUT2D eigenvalue weighted by Crippen LogP contribution is -2.44. The number of carbonyl (C=O) groups is 1. The van der Waals surface area contributed by atoms with E-state index in [0.29, 0.717) is 5.37 Å². The molecule has 0 aromatic rings. The first-order valence-corrected chi connectivity index (χ1v) is 7.46. The number of thioether (sulfide) groups is 1. The summed E-state index contributed by atoms with van der Waals surface area (Å²) in [4.78, 5) is 11.8. The van der Waals surface area contributed by atoms with E-state index in [1.807, 2.05) is 11.8 Å². The predicted octanol–water partition coefficient (Wildman–Crippen LogP) is 2.25. The summed E-state index contributed by atoms with van der Waals surface area (Å²) in [6.07, 6.45) is 7.82. The molecule has 3 nitrogen and oxygen atoms in total. The molecular formula is C12H24N2OS. The van der Waals surface area contributed by atoms with Crippen LogP contribution in [0.25, 0.3) is 0 Å². The Kier molecular flexibility index (Phi) is 6.88. The quantitative estimate of drug-likeness (QED) is 0.780. The molecule has 4 heteroatoms. The van der Waals surface area contributed by atoms with Crippen molar-refractivity contribution in [1.29, 1.82) is 0 Å². The second kappa shape index (κ2) is 7.96. The van der Waals surface area contributed by atoms with E-state index in [2.05, 4.69) is 12.2 Å². The molecule has 0 aliphatic carbocycles. The van der Waals surface area contributed by atoms with Crippen LogP contribution in [0.5, 0.6) is 0 Å². The zero-order chi connectivity index (χ0) is 11.8. The van der Waals surface area contributed by atoms with Gasteiger partial charge in [0.15, 0.2) is 0 Å². The molecule has 0 saturated carbocycles. The molecule has 1 heterocycles. The summed E-state index contributed by atoms with van der Waals surface area (Å²) in [5.74, 6) is 1.20. The lowest BCUT2D eigenvalue weighted by atomic mass is 10.1. The molecule has 1 aliphatic rings. The maximum atomic E-state index is 11.8. The molecule has 1 amide bonds. The van der Waals surface area contributed by atoms with Crippen LogP contribution < -0.4 is 11.1 Å². The molecule has 0 bridgehead atoms. The average molecular weight is 244 g/mol. The normalized spacial score (nSPS) is 23.5. The monoisotopic (exact) mass is 244 g/mol. The van der Waals surface area contributed by atoms with Crippen LogP contribution in [0.4, 0.5) is 0 Å². The fourth-order valence-corrected chi connectivity index (χ4v) is 3.04. The molecule has 1 saturated heterocycles. The number of rotatable bonds is 5. The topological polar surface area (TPSA) is 55.1 Å². The Morgan fingerprint density at radius 2 is 2.31 bits per heavy atom. The van der Waals surface area contributed by atoms with Crippen LogP contribution in [0.1, 0.15) is 51.9 Å². The Morgan fingerprint density at radius 1 is 1.50 bits per heavy atom. The Bertz CT molecular complexity index is 203. The molecule has 0 radical (unpaired) electrons. The van der Waals surface area contributed by atoms with Crippen LogP contribution >= 0.6 is 11.8 Å². The first-order valence-electron chi connectivity index (χ1n) is 6.41. The Hall–Kier alpha value is -0.220. The van der Waals surface area contributed by atoms with E-state index in [4.69, 9.17) is 5.73 Å². The zero-order valence-electron chi connectivity index (χ0n) is 10.2. The number of hydrogen-bond donors (Lipinski definition) is 2. The van der Waals surface area contributed by atoms with Gasteiger partial charge >= 0.3 is 0 Å². The number of unbranched alkanes of at least 4 members (excludes halogenated alkanes) is 1. The van der Waals surface area contributed by atoms with Crippen LogP contribution in [0.15, 0.2) is 0 Å². The van der Waals surface area contributed by atoms with Crippen LogP contribution in [-0.4, -0.2) is 23.1 Å². The van der Waals surface area contributed by atoms with Crippen molar-refractivity contribution in [3.63, 3.8) is 0 Å².